The average Bonchev–Trinajstić information content (AvgIpc) is 3.21. The van der Waals surface area contributed by atoms with Crippen molar-refractivity contribution >= 4 is 28.9 Å². The topological polar surface area (TPSA) is 32.6 Å². The Morgan fingerprint density at radius 2 is 1.89 bits per heavy atom. The van der Waals surface area contributed by atoms with Crippen molar-refractivity contribution in [2.45, 2.75) is 19.8 Å². The summed E-state index contributed by atoms with van der Waals surface area (Å²) in [7, 11) is 1.70. The maximum absolute atomic E-state index is 9.69. The Morgan fingerprint density at radius 3 is 2.32 bits per heavy atom. The third kappa shape index (κ3) is 3.02. The molecule has 1 saturated carbocycles. The van der Waals surface area contributed by atoms with E-state index in [0.29, 0.717) is 27.2 Å². The number of nitrogens with zero attached hydrogens (tertiary/aromatic N) is 1. The van der Waals surface area contributed by atoms with Crippen LogP contribution in [0.4, 0.5) is 0 Å². The van der Waals surface area contributed by atoms with Gasteiger partial charge >= 0.3 is 0 Å². The van der Waals surface area contributed by atoms with Crippen LogP contribution in [0.5, 0.6) is 0 Å². The van der Waals surface area contributed by atoms with Gasteiger partial charge in [0, 0.05) is 18.2 Å². The zero-order valence-electron chi connectivity index (χ0n) is 11.1. The van der Waals surface area contributed by atoms with Crippen LogP contribution in [-0.4, -0.2) is 24.5 Å². The summed E-state index contributed by atoms with van der Waals surface area (Å²) in [5, 5.41) is 10.8. The summed E-state index contributed by atoms with van der Waals surface area (Å²) in [4.78, 5) is 4.31. The molecule has 0 bridgehead atoms. The van der Waals surface area contributed by atoms with E-state index in [4.69, 9.17) is 23.2 Å². The molecule has 1 fully saturated rings. The first-order valence-corrected chi connectivity index (χ1v) is 7.07. The highest BCUT2D eigenvalue weighted by Crippen LogP contribution is 2.39. The fraction of sp³-hybridized carbons (Fsp3) is 0.400. The molecule has 2 nitrogen and oxygen atoms in total. The molecule has 0 unspecified atom stereocenters. The van der Waals surface area contributed by atoms with Crippen LogP contribution in [0.25, 0.3) is 0 Å². The maximum atomic E-state index is 9.69. The molecule has 0 amide bonds. The summed E-state index contributed by atoms with van der Waals surface area (Å²) < 4.78 is 0. The summed E-state index contributed by atoms with van der Waals surface area (Å²) in [5.41, 5.74) is 3.44. The number of rotatable bonds is 4. The van der Waals surface area contributed by atoms with Crippen LogP contribution in [0.1, 0.15) is 25.3 Å². The molecular weight excluding hydrogens is 281 g/mol. The highest BCUT2D eigenvalue weighted by molar-refractivity contribution is 6.41. The molecule has 0 atom stereocenters. The van der Waals surface area contributed by atoms with E-state index in [-0.39, 0.29) is 6.61 Å². The SMILES string of the molecule is CN=C(/C(CO)=C(\C)C1CC1)c1c(Cl)cccc1Cl. The lowest BCUT2D eigenvalue weighted by Gasteiger charge is -2.15. The van der Waals surface area contributed by atoms with Crippen LogP contribution in [0.3, 0.4) is 0 Å². The largest absolute Gasteiger partial charge is 0.392 e. The number of hydrogen-bond donors (Lipinski definition) is 1. The van der Waals surface area contributed by atoms with Crippen LogP contribution in [-0.2, 0) is 0 Å². The van der Waals surface area contributed by atoms with Crippen molar-refractivity contribution in [3.8, 4) is 0 Å². The minimum absolute atomic E-state index is 0.0451. The number of allylic oxidation sites excluding steroid dienone is 1. The number of aliphatic hydroxyl groups is 1. The summed E-state index contributed by atoms with van der Waals surface area (Å²) >= 11 is 12.5. The van der Waals surface area contributed by atoms with E-state index in [1.165, 1.54) is 18.4 Å². The van der Waals surface area contributed by atoms with Gasteiger partial charge in [0.2, 0.25) is 0 Å². The van der Waals surface area contributed by atoms with Crippen molar-refractivity contribution in [2.24, 2.45) is 10.9 Å². The second kappa shape index (κ2) is 6.08. The molecule has 2 rings (SSSR count). The fourth-order valence-corrected chi connectivity index (χ4v) is 2.85. The van der Waals surface area contributed by atoms with Gasteiger partial charge < -0.3 is 5.11 Å². The Bertz CT molecular complexity index is 525. The monoisotopic (exact) mass is 297 g/mol. The van der Waals surface area contributed by atoms with E-state index in [0.717, 1.165) is 5.57 Å². The minimum Gasteiger partial charge on any atom is -0.392 e. The predicted octanol–water partition coefficient (Wildman–Crippen LogP) is 4.13. The number of benzene rings is 1. The summed E-state index contributed by atoms with van der Waals surface area (Å²) in [5.74, 6) is 0.570. The van der Waals surface area contributed by atoms with E-state index in [1.54, 1.807) is 25.2 Å². The summed E-state index contributed by atoms with van der Waals surface area (Å²) in [6.45, 7) is 2.01. The molecule has 1 aromatic rings. The first kappa shape index (κ1) is 14.6. The standard InChI is InChI=1S/C15H17Cl2NO/c1-9(10-6-7-10)11(8-19)15(18-2)14-12(16)4-3-5-13(14)17/h3-5,10,19H,6-8H2,1-2H3/b11-9+,18-15?. The number of aliphatic hydroxyl groups excluding tert-OH is 1. The van der Waals surface area contributed by atoms with Crippen LogP contribution < -0.4 is 0 Å². The third-order valence-corrected chi connectivity index (χ3v) is 4.16. The highest BCUT2D eigenvalue weighted by atomic mass is 35.5. The first-order chi connectivity index (χ1) is 9.10. The lowest BCUT2D eigenvalue weighted by Crippen LogP contribution is -2.13. The number of halogens is 2. The molecular formula is C15H17Cl2NO. The molecule has 0 heterocycles. The molecule has 0 spiro atoms. The molecule has 1 aliphatic rings. The van der Waals surface area contributed by atoms with Crippen molar-refractivity contribution in [3.63, 3.8) is 0 Å². The predicted molar refractivity (Wildman–Crippen MR) is 81.4 cm³/mol. The molecule has 102 valence electrons. The van der Waals surface area contributed by atoms with Crippen molar-refractivity contribution in [1.29, 1.82) is 0 Å². The van der Waals surface area contributed by atoms with Crippen molar-refractivity contribution in [2.75, 3.05) is 13.7 Å². The molecule has 0 aliphatic heterocycles. The normalized spacial score (nSPS) is 17.4. The van der Waals surface area contributed by atoms with Crippen LogP contribution in [0.2, 0.25) is 10.0 Å². The molecule has 4 heteroatoms. The van der Waals surface area contributed by atoms with Gasteiger partial charge in [0.05, 0.1) is 22.4 Å². The zero-order valence-corrected chi connectivity index (χ0v) is 12.6. The molecule has 1 aromatic carbocycles. The molecule has 1 aliphatic carbocycles. The van der Waals surface area contributed by atoms with E-state index in [1.807, 2.05) is 0 Å². The summed E-state index contributed by atoms with van der Waals surface area (Å²) in [6, 6.07) is 5.38. The second-order valence-electron chi connectivity index (χ2n) is 4.76. The van der Waals surface area contributed by atoms with Gasteiger partial charge in [0.25, 0.3) is 0 Å². The highest BCUT2D eigenvalue weighted by Gasteiger charge is 2.27. The van der Waals surface area contributed by atoms with Gasteiger partial charge in [-0.3, -0.25) is 4.99 Å². The van der Waals surface area contributed by atoms with E-state index in [2.05, 4.69) is 11.9 Å². The molecule has 0 saturated heterocycles. The van der Waals surface area contributed by atoms with Crippen LogP contribution in [0.15, 0.2) is 34.3 Å². The van der Waals surface area contributed by atoms with Gasteiger partial charge in [0.1, 0.15) is 0 Å². The number of hydrogen-bond acceptors (Lipinski definition) is 2. The van der Waals surface area contributed by atoms with E-state index >= 15 is 0 Å². The second-order valence-corrected chi connectivity index (χ2v) is 5.58. The third-order valence-electron chi connectivity index (χ3n) is 3.53. The molecule has 0 radical (unpaired) electrons. The Hall–Kier alpha value is -0.830. The van der Waals surface area contributed by atoms with Crippen LogP contribution >= 0.6 is 23.2 Å². The van der Waals surface area contributed by atoms with Crippen molar-refractivity contribution < 1.29 is 5.11 Å². The first-order valence-electron chi connectivity index (χ1n) is 6.32. The van der Waals surface area contributed by atoms with Crippen molar-refractivity contribution in [3.05, 3.63) is 45.0 Å². The summed E-state index contributed by atoms with van der Waals surface area (Å²) in [6.07, 6.45) is 2.37. The molecule has 0 aromatic heterocycles. The maximum Gasteiger partial charge on any atom is 0.0727 e. The average molecular weight is 298 g/mol. The lowest BCUT2D eigenvalue weighted by atomic mass is 9.96. The van der Waals surface area contributed by atoms with E-state index in [9.17, 15) is 5.11 Å². The van der Waals surface area contributed by atoms with Gasteiger partial charge in [-0.15, -0.1) is 0 Å². The Balaban J connectivity index is 2.54. The Morgan fingerprint density at radius 1 is 1.32 bits per heavy atom. The lowest BCUT2D eigenvalue weighted by molar-refractivity contribution is 0.335. The smallest absolute Gasteiger partial charge is 0.0727 e. The van der Waals surface area contributed by atoms with Crippen molar-refractivity contribution in [1.82, 2.24) is 0 Å². The minimum atomic E-state index is -0.0451. The fourth-order valence-electron chi connectivity index (χ4n) is 2.27. The van der Waals surface area contributed by atoms with Gasteiger partial charge in [-0.05, 0) is 37.8 Å². The zero-order chi connectivity index (χ0) is 14.0. The quantitative estimate of drug-likeness (QED) is 0.833. The van der Waals surface area contributed by atoms with Gasteiger partial charge in [-0.25, -0.2) is 0 Å². The van der Waals surface area contributed by atoms with E-state index < -0.39 is 0 Å². The van der Waals surface area contributed by atoms with Crippen LogP contribution in [0, 0.1) is 5.92 Å². The Labute approximate surface area is 123 Å². The van der Waals surface area contributed by atoms with Gasteiger partial charge in [-0.2, -0.15) is 0 Å². The Kier molecular flexibility index (Phi) is 4.67. The van der Waals surface area contributed by atoms with Gasteiger partial charge in [-0.1, -0.05) is 34.8 Å². The number of aliphatic imine (C=N–C) groups is 1. The molecule has 1 N–H and O–H groups in total. The van der Waals surface area contributed by atoms with Gasteiger partial charge in [0.15, 0.2) is 0 Å². The molecule has 19 heavy (non-hydrogen) atoms.